The zero-order valence-corrected chi connectivity index (χ0v) is 21.7. The highest BCUT2D eigenvalue weighted by molar-refractivity contribution is 9.25. The molecule has 1 saturated carbocycles. The molecule has 2 atom stereocenters. The molecule has 0 saturated heterocycles. The first kappa shape index (κ1) is 22.7. The first-order valence-corrected chi connectivity index (χ1v) is 13.3. The molecule has 170 valence electrons. The van der Waals surface area contributed by atoms with Crippen LogP contribution < -0.4 is 9.80 Å². The Morgan fingerprint density at radius 3 is 2.31 bits per heavy atom. The van der Waals surface area contributed by atoms with Crippen molar-refractivity contribution in [3.63, 3.8) is 0 Å². The maximum Gasteiger partial charge on any atom is 0.233 e. The van der Waals surface area contributed by atoms with Crippen LogP contribution >= 0.6 is 43.5 Å². The number of hydrogen-bond donors (Lipinski definition) is 1. The van der Waals surface area contributed by atoms with E-state index in [1.165, 1.54) is 0 Å². The number of alkyl halides is 3. The molecule has 4 nitrogen and oxygen atoms in total. The maximum atomic E-state index is 13.4. The smallest absolute Gasteiger partial charge is 0.233 e. The molecule has 1 aliphatic carbocycles. The van der Waals surface area contributed by atoms with Crippen LogP contribution in [-0.4, -0.2) is 32.6 Å². The lowest BCUT2D eigenvalue weighted by Crippen LogP contribution is -2.64. The van der Waals surface area contributed by atoms with E-state index in [2.05, 4.69) is 42.8 Å². The maximum absolute atomic E-state index is 13.4. The Labute approximate surface area is 211 Å². The molecule has 0 aromatic heterocycles. The summed E-state index contributed by atoms with van der Waals surface area (Å²) in [4.78, 5) is 17.4. The second-order valence-corrected chi connectivity index (χ2v) is 13.4. The van der Waals surface area contributed by atoms with Crippen molar-refractivity contribution in [3.05, 3.63) is 59.7 Å². The van der Waals surface area contributed by atoms with Gasteiger partial charge in [-0.1, -0.05) is 93.9 Å². The summed E-state index contributed by atoms with van der Waals surface area (Å²) in [6, 6.07) is 16.0. The Morgan fingerprint density at radius 2 is 1.59 bits per heavy atom. The van der Waals surface area contributed by atoms with Gasteiger partial charge in [-0.3, -0.25) is 9.69 Å². The van der Waals surface area contributed by atoms with Crippen molar-refractivity contribution >= 4 is 60.7 Å². The van der Waals surface area contributed by atoms with Gasteiger partial charge in [0.05, 0.1) is 17.4 Å². The van der Waals surface area contributed by atoms with Gasteiger partial charge in [-0.25, -0.2) is 0 Å². The van der Waals surface area contributed by atoms with Gasteiger partial charge in [-0.05, 0) is 36.1 Å². The van der Waals surface area contributed by atoms with Crippen LogP contribution in [0.3, 0.4) is 0 Å². The number of para-hydroxylation sites is 2. The first-order valence-electron chi connectivity index (χ1n) is 11.3. The van der Waals surface area contributed by atoms with Gasteiger partial charge in [0.25, 0.3) is 0 Å². The van der Waals surface area contributed by atoms with E-state index in [1.807, 2.05) is 47.4 Å². The van der Waals surface area contributed by atoms with Crippen LogP contribution in [0.5, 0.6) is 0 Å². The van der Waals surface area contributed by atoms with Crippen molar-refractivity contribution < 1.29 is 9.90 Å². The summed E-state index contributed by atoms with van der Waals surface area (Å²) >= 11 is 14.8. The first-order chi connectivity index (χ1) is 15.3. The fourth-order valence-electron chi connectivity index (χ4n) is 5.53. The van der Waals surface area contributed by atoms with E-state index in [0.29, 0.717) is 13.0 Å². The highest BCUT2D eigenvalue weighted by Gasteiger charge is 2.56. The Bertz CT molecular complexity index is 1020. The topological polar surface area (TPSA) is 43.8 Å². The van der Waals surface area contributed by atoms with E-state index in [-0.39, 0.29) is 5.91 Å². The quantitative estimate of drug-likeness (QED) is 0.343. The highest BCUT2D eigenvalue weighted by Crippen LogP contribution is 2.57. The van der Waals surface area contributed by atoms with Crippen LogP contribution in [-0.2, 0) is 11.2 Å². The van der Waals surface area contributed by atoms with E-state index < -0.39 is 20.4 Å². The number of carbonyl (C=O) groups is 1. The molecule has 2 aliphatic heterocycles. The Hall–Kier alpha value is -1.08. The third kappa shape index (κ3) is 3.81. The third-order valence-electron chi connectivity index (χ3n) is 7.10. The van der Waals surface area contributed by atoms with Crippen molar-refractivity contribution in [2.45, 2.75) is 65.3 Å². The van der Waals surface area contributed by atoms with Crippen LogP contribution in [0.25, 0.3) is 0 Å². The summed E-state index contributed by atoms with van der Waals surface area (Å²) in [5.74, 6) is 0.0422. The minimum Gasteiger partial charge on any atom is -0.388 e. The number of anilines is 2. The number of rotatable bonds is 3. The number of β-amino-alcohol motifs (C(OH)–C–C–N with tert-alkyl or cyclic N) is 1. The van der Waals surface area contributed by atoms with Crippen molar-refractivity contribution in [1.82, 2.24) is 0 Å². The lowest BCUT2D eigenvalue weighted by Gasteiger charge is -2.53. The van der Waals surface area contributed by atoms with Gasteiger partial charge >= 0.3 is 0 Å². The number of hydrogen-bond acceptors (Lipinski definition) is 3. The summed E-state index contributed by atoms with van der Waals surface area (Å²) in [5.41, 5.74) is 3.08. The van der Waals surface area contributed by atoms with Gasteiger partial charge in [0.15, 0.2) is 0 Å². The monoisotopic (exact) mass is 580 g/mol. The number of benzene rings is 2. The Morgan fingerprint density at radius 1 is 0.969 bits per heavy atom. The molecule has 2 aromatic rings. The average molecular weight is 583 g/mol. The van der Waals surface area contributed by atoms with Crippen LogP contribution in [0.2, 0.25) is 0 Å². The Kier molecular flexibility index (Phi) is 6.11. The van der Waals surface area contributed by atoms with Crippen molar-refractivity contribution in [2.24, 2.45) is 0 Å². The molecule has 7 heteroatoms. The molecule has 0 bridgehead atoms. The molecular formula is C25H27Br2ClN2O2. The minimum absolute atomic E-state index is 0.0422. The van der Waals surface area contributed by atoms with Crippen molar-refractivity contribution in [2.75, 3.05) is 16.3 Å². The molecule has 32 heavy (non-hydrogen) atoms. The summed E-state index contributed by atoms with van der Waals surface area (Å²) in [6.07, 6.45) is 5.83. The molecule has 2 aromatic carbocycles. The molecule has 1 amide bonds. The van der Waals surface area contributed by atoms with Gasteiger partial charge in [0.1, 0.15) is 9.40 Å². The molecule has 0 spiro atoms. The van der Waals surface area contributed by atoms with E-state index in [9.17, 15) is 9.90 Å². The fourth-order valence-corrected chi connectivity index (χ4v) is 7.23. The zero-order chi connectivity index (χ0) is 22.5. The van der Waals surface area contributed by atoms with Gasteiger partial charge in [-0.15, -0.1) is 11.6 Å². The number of amides is 1. The second kappa shape index (κ2) is 8.61. The molecule has 2 unspecified atom stereocenters. The van der Waals surface area contributed by atoms with E-state index in [0.717, 1.165) is 61.0 Å². The van der Waals surface area contributed by atoms with Gasteiger partial charge in [-0.2, -0.15) is 0 Å². The molecule has 1 N–H and O–H groups in total. The molecule has 0 radical (unpaired) electrons. The lowest BCUT2D eigenvalue weighted by molar-refractivity contribution is -0.118. The third-order valence-corrected chi connectivity index (χ3v) is 9.94. The molecule has 1 fully saturated rings. The standard InChI is InChI=1S/C25H27Br2ClN2O2/c26-25(27)22(28)18-10-4-6-12-20(18)29(16-24(32)13-7-1-2-8-14-24)23(25)30-19-11-5-3-9-17(19)15-21(30)31/h3-6,9-12,22-23,32H,1-2,7-8,13-16H2. The number of carbonyl (C=O) groups excluding carboxylic acids is 1. The normalized spacial score (nSPS) is 26.4. The number of aliphatic hydroxyl groups is 1. The molecular weight excluding hydrogens is 556 g/mol. The van der Waals surface area contributed by atoms with Crippen molar-refractivity contribution in [1.29, 1.82) is 0 Å². The van der Waals surface area contributed by atoms with E-state index in [4.69, 9.17) is 11.6 Å². The van der Waals surface area contributed by atoms with Crippen LogP contribution in [0.15, 0.2) is 48.5 Å². The minimum atomic E-state index is -0.806. The van der Waals surface area contributed by atoms with Crippen LogP contribution in [0.1, 0.15) is 55.0 Å². The number of fused-ring (bicyclic) bond motifs is 2. The Balaban J connectivity index is 1.65. The summed E-state index contributed by atoms with van der Waals surface area (Å²) in [5, 5.41) is 11.3. The largest absolute Gasteiger partial charge is 0.388 e. The fraction of sp³-hybridized carbons (Fsp3) is 0.480. The summed E-state index contributed by atoms with van der Waals surface area (Å²) < 4.78 is -0.801. The van der Waals surface area contributed by atoms with E-state index in [1.54, 1.807) is 0 Å². The summed E-state index contributed by atoms with van der Waals surface area (Å²) in [7, 11) is 0. The average Bonchev–Trinajstić information content (AvgIpc) is 2.94. The van der Waals surface area contributed by atoms with Gasteiger partial charge in [0, 0.05) is 17.9 Å². The molecule has 5 rings (SSSR count). The van der Waals surface area contributed by atoms with Crippen molar-refractivity contribution in [3.8, 4) is 0 Å². The van der Waals surface area contributed by atoms with Gasteiger partial charge < -0.3 is 10.0 Å². The van der Waals surface area contributed by atoms with Crippen LogP contribution in [0, 0.1) is 0 Å². The lowest BCUT2D eigenvalue weighted by atomic mass is 9.90. The summed E-state index contributed by atoms with van der Waals surface area (Å²) in [6.45, 7) is 0.448. The number of halogens is 3. The molecule has 3 aliphatic rings. The highest BCUT2D eigenvalue weighted by atomic mass is 79.9. The predicted molar refractivity (Wildman–Crippen MR) is 137 cm³/mol. The predicted octanol–water partition coefficient (Wildman–Crippen LogP) is 6.27. The van der Waals surface area contributed by atoms with E-state index >= 15 is 0 Å². The van der Waals surface area contributed by atoms with Gasteiger partial charge in [0.2, 0.25) is 5.91 Å². The second-order valence-electron chi connectivity index (χ2n) is 9.31. The SMILES string of the molecule is O=C1Cc2ccccc2N1C1N(CC2(O)CCCCCC2)c2ccccc2C(Cl)C1(Br)Br. The molecule has 2 heterocycles. The number of nitrogens with zero attached hydrogens (tertiary/aromatic N) is 2. The zero-order valence-electron chi connectivity index (χ0n) is 17.8. The van der Waals surface area contributed by atoms with Crippen LogP contribution in [0.4, 0.5) is 11.4 Å².